The lowest BCUT2D eigenvalue weighted by atomic mass is 10.3. The number of aromatic nitrogens is 1. The summed E-state index contributed by atoms with van der Waals surface area (Å²) in [6, 6.07) is 1.52. The van der Waals surface area contributed by atoms with Crippen molar-refractivity contribution in [1.29, 1.82) is 0 Å². The van der Waals surface area contributed by atoms with Crippen LogP contribution in [0.3, 0.4) is 0 Å². The van der Waals surface area contributed by atoms with Crippen LogP contribution in [0.2, 0.25) is 0 Å². The van der Waals surface area contributed by atoms with Crippen molar-refractivity contribution >= 4 is 18.3 Å². The number of hydrogen-bond donors (Lipinski definition) is 2. The lowest BCUT2D eigenvalue weighted by molar-refractivity contribution is 0.0904. The minimum absolute atomic E-state index is 0. The predicted octanol–water partition coefficient (Wildman–Crippen LogP) is 0.482. The molecule has 6 heteroatoms. The molecule has 1 heterocycles. The van der Waals surface area contributed by atoms with Gasteiger partial charge in [0.05, 0.1) is 5.69 Å². The molecular weight excluding hydrogens is 206 g/mol. The molecule has 0 saturated carbocycles. The van der Waals surface area contributed by atoms with E-state index in [0.717, 1.165) is 0 Å². The molecule has 1 aromatic heterocycles. The van der Waals surface area contributed by atoms with Crippen LogP contribution in [-0.2, 0) is 0 Å². The molecule has 1 rings (SSSR count). The number of aryl methyl sites for hydroxylation is 1. The molecule has 0 spiro atoms. The highest BCUT2D eigenvalue weighted by atomic mass is 35.5. The largest absolute Gasteiger partial charge is 0.351 e. The Hall–Kier alpha value is -1.07. The molecular formula is C8H14ClN3O2. The molecule has 0 unspecified atom stereocenters. The number of nitrogens with two attached hydrogens (primary N) is 1. The maximum Gasteiger partial charge on any atom is 0.290 e. The van der Waals surface area contributed by atoms with E-state index in [4.69, 9.17) is 10.3 Å². The first kappa shape index (κ1) is 12.9. The van der Waals surface area contributed by atoms with Crippen molar-refractivity contribution in [2.45, 2.75) is 19.9 Å². The first-order valence-electron chi connectivity index (χ1n) is 4.07. The Morgan fingerprint density at radius 2 is 2.43 bits per heavy atom. The first-order valence-corrected chi connectivity index (χ1v) is 4.07. The predicted molar refractivity (Wildman–Crippen MR) is 54.5 cm³/mol. The monoisotopic (exact) mass is 219 g/mol. The molecule has 0 aliphatic rings. The van der Waals surface area contributed by atoms with Gasteiger partial charge in [-0.3, -0.25) is 4.79 Å². The third-order valence-electron chi connectivity index (χ3n) is 1.58. The Bertz CT molecular complexity index is 301. The summed E-state index contributed by atoms with van der Waals surface area (Å²) in [5.74, 6) is -0.0589. The van der Waals surface area contributed by atoms with Gasteiger partial charge in [0.15, 0.2) is 0 Å². The van der Waals surface area contributed by atoms with E-state index in [0.29, 0.717) is 12.2 Å². The number of halogens is 1. The molecule has 80 valence electrons. The minimum Gasteiger partial charge on any atom is -0.351 e. The smallest absolute Gasteiger partial charge is 0.290 e. The second-order valence-electron chi connectivity index (χ2n) is 2.94. The lowest BCUT2D eigenvalue weighted by Gasteiger charge is -2.08. The fourth-order valence-electron chi connectivity index (χ4n) is 0.824. The third kappa shape index (κ3) is 3.35. The van der Waals surface area contributed by atoms with Gasteiger partial charge >= 0.3 is 0 Å². The summed E-state index contributed by atoms with van der Waals surface area (Å²) in [6.45, 7) is 3.98. The number of hydrogen-bond acceptors (Lipinski definition) is 4. The van der Waals surface area contributed by atoms with Gasteiger partial charge in [0.25, 0.3) is 5.91 Å². The molecule has 1 atom stereocenters. The fourth-order valence-corrected chi connectivity index (χ4v) is 0.824. The van der Waals surface area contributed by atoms with Crippen LogP contribution in [0.15, 0.2) is 10.6 Å². The van der Waals surface area contributed by atoms with E-state index in [2.05, 4.69) is 10.5 Å². The van der Waals surface area contributed by atoms with Crippen molar-refractivity contribution in [3.63, 3.8) is 0 Å². The van der Waals surface area contributed by atoms with Gasteiger partial charge in [-0.05, 0) is 13.8 Å². The molecule has 0 bridgehead atoms. The second-order valence-corrected chi connectivity index (χ2v) is 2.94. The van der Waals surface area contributed by atoms with Gasteiger partial charge < -0.3 is 15.6 Å². The summed E-state index contributed by atoms with van der Waals surface area (Å²) >= 11 is 0. The molecule has 1 aromatic rings. The maximum absolute atomic E-state index is 11.3. The van der Waals surface area contributed by atoms with Crippen LogP contribution in [0.25, 0.3) is 0 Å². The van der Waals surface area contributed by atoms with Gasteiger partial charge in [0.2, 0.25) is 5.76 Å². The molecule has 1 amide bonds. The highest BCUT2D eigenvalue weighted by molar-refractivity contribution is 5.91. The Morgan fingerprint density at radius 3 is 2.86 bits per heavy atom. The molecule has 0 saturated heterocycles. The average molecular weight is 220 g/mol. The quantitative estimate of drug-likeness (QED) is 0.775. The highest BCUT2D eigenvalue weighted by Gasteiger charge is 2.12. The molecule has 5 nitrogen and oxygen atoms in total. The molecule has 0 aromatic carbocycles. The van der Waals surface area contributed by atoms with Gasteiger partial charge in [-0.2, -0.15) is 0 Å². The first-order chi connectivity index (χ1) is 6.13. The maximum atomic E-state index is 11.3. The van der Waals surface area contributed by atoms with E-state index in [1.165, 1.54) is 0 Å². The summed E-state index contributed by atoms with van der Waals surface area (Å²) in [6.07, 6.45) is 0. The number of amides is 1. The van der Waals surface area contributed by atoms with Crippen LogP contribution in [0.4, 0.5) is 0 Å². The van der Waals surface area contributed by atoms with Crippen molar-refractivity contribution < 1.29 is 9.32 Å². The molecule has 14 heavy (non-hydrogen) atoms. The van der Waals surface area contributed by atoms with E-state index in [1.807, 2.05) is 6.92 Å². The van der Waals surface area contributed by atoms with E-state index < -0.39 is 0 Å². The van der Waals surface area contributed by atoms with Crippen molar-refractivity contribution in [1.82, 2.24) is 10.5 Å². The Kier molecular flexibility index (Phi) is 5.19. The molecule has 0 radical (unpaired) electrons. The number of rotatable bonds is 3. The number of carbonyl (C=O) groups is 1. The highest BCUT2D eigenvalue weighted by Crippen LogP contribution is 2.01. The van der Waals surface area contributed by atoms with Gasteiger partial charge in [-0.1, -0.05) is 5.16 Å². The SMILES string of the molecule is Cc1cc(C(=O)N[C@@H](C)CN)on1.Cl. The molecule has 0 aliphatic heterocycles. The van der Waals surface area contributed by atoms with Crippen molar-refractivity contribution in [3.8, 4) is 0 Å². The van der Waals surface area contributed by atoms with E-state index in [9.17, 15) is 4.79 Å². The summed E-state index contributed by atoms with van der Waals surface area (Å²) in [5, 5.41) is 6.27. The van der Waals surface area contributed by atoms with Crippen LogP contribution in [0, 0.1) is 6.92 Å². The van der Waals surface area contributed by atoms with Crippen LogP contribution >= 0.6 is 12.4 Å². The molecule has 3 N–H and O–H groups in total. The molecule has 0 aliphatic carbocycles. The summed E-state index contributed by atoms with van der Waals surface area (Å²) in [4.78, 5) is 11.3. The molecule has 0 fully saturated rings. The van der Waals surface area contributed by atoms with Crippen LogP contribution < -0.4 is 11.1 Å². The average Bonchev–Trinajstić information content (AvgIpc) is 2.51. The zero-order valence-corrected chi connectivity index (χ0v) is 8.93. The van der Waals surface area contributed by atoms with Crippen molar-refractivity contribution in [2.75, 3.05) is 6.54 Å². The second kappa shape index (κ2) is 5.62. The number of nitrogens with one attached hydrogen (secondary N) is 1. The lowest BCUT2D eigenvalue weighted by Crippen LogP contribution is -2.37. The zero-order valence-electron chi connectivity index (χ0n) is 8.11. The zero-order chi connectivity index (χ0) is 9.84. The number of nitrogens with zero attached hydrogens (tertiary/aromatic N) is 1. The van der Waals surface area contributed by atoms with Crippen molar-refractivity contribution in [3.05, 3.63) is 17.5 Å². The van der Waals surface area contributed by atoms with Crippen LogP contribution in [0.5, 0.6) is 0 Å². The van der Waals surface area contributed by atoms with E-state index in [-0.39, 0.29) is 30.1 Å². The summed E-state index contributed by atoms with van der Waals surface area (Å²) in [7, 11) is 0. The van der Waals surface area contributed by atoms with Gasteiger partial charge in [0, 0.05) is 18.7 Å². The summed E-state index contributed by atoms with van der Waals surface area (Å²) in [5.41, 5.74) is 6.03. The number of carbonyl (C=O) groups excluding carboxylic acids is 1. The van der Waals surface area contributed by atoms with Gasteiger partial charge in [0.1, 0.15) is 0 Å². The third-order valence-corrected chi connectivity index (χ3v) is 1.58. The topological polar surface area (TPSA) is 81.2 Å². The normalized spacial score (nSPS) is 11.6. The van der Waals surface area contributed by atoms with Crippen molar-refractivity contribution in [2.24, 2.45) is 5.73 Å². The van der Waals surface area contributed by atoms with Gasteiger partial charge in [-0.15, -0.1) is 12.4 Å². The Morgan fingerprint density at radius 1 is 1.79 bits per heavy atom. The van der Waals surface area contributed by atoms with E-state index >= 15 is 0 Å². The Labute approximate surface area is 88.4 Å². The summed E-state index contributed by atoms with van der Waals surface area (Å²) < 4.78 is 4.77. The minimum atomic E-state index is -0.279. The fraction of sp³-hybridized carbons (Fsp3) is 0.500. The Balaban J connectivity index is 0.00000169. The van der Waals surface area contributed by atoms with Crippen LogP contribution in [0.1, 0.15) is 23.2 Å². The van der Waals surface area contributed by atoms with E-state index in [1.54, 1.807) is 13.0 Å². The van der Waals surface area contributed by atoms with Crippen LogP contribution in [-0.4, -0.2) is 23.7 Å². The van der Waals surface area contributed by atoms with Gasteiger partial charge in [-0.25, -0.2) is 0 Å². The standard InChI is InChI=1S/C8H13N3O2.ClH/c1-5-3-7(13-11-5)8(12)10-6(2)4-9;/h3,6H,4,9H2,1-2H3,(H,10,12);1H/t6-;/m0./s1.